The number of carbonyl (C=O) groups excluding carboxylic acids is 1. The number of thiazole rings is 1. The summed E-state index contributed by atoms with van der Waals surface area (Å²) in [5.41, 5.74) is 0.758. The van der Waals surface area contributed by atoms with Crippen LogP contribution in [0.2, 0.25) is 0 Å². The summed E-state index contributed by atoms with van der Waals surface area (Å²) in [5.74, 6) is -0.719. The maximum atomic E-state index is 12.3. The molecule has 3 aromatic rings. The average molecular weight is 394 g/mol. The molecule has 0 radical (unpaired) electrons. The van der Waals surface area contributed by atoms with Crippen molar-refractivity contribution in [3.63, 3.8) is 0 Å². The Morgan fingerprint density at radius 3 is 2.60 bits per heavy atom. The molecule has 0 spiro atoms. The van der Waals surface area contributed by atoms with Gasteiger partial charge in [-0.3, -0.25) is 4.79 Å². The topological polar surface area (TPSA) is 85.4 Å². The zero-order valence-corrected chi connectivity index (χ0v) is 15.6. The number of hydrogen-bond acceptors (Lipinski definition) is 7. The number of anilines is 1. The minimum Gasteiger partial charge on any atom is -0.497 e. The molecule has 2 heterocycles. The van der Waals surface area contributed by atoms with Crippen molar-refractivity contribution in [3.05, 3.63) is 47.2 Å². The lowest BCUT2D eigenvalue weighted by molar-refractivity contribution is -0.113. The van der Waals surface area contributed by atoms with Crippen molar-refractivity contribution < 1.29 is 17.9 Å². The minimum atomic E-state index is -3.73. The number of benzene rings is 1. The van der Waals surface area contributed by atoms with E-state index in [0.717, 1.165) is 10.6 Å². The van der Waals surface area contributed by atoms with Gasteiger partial charge in [0.05, 0.1) is 22.6 Å². The molecule has 2 aromatic heterocycles. The van der Waals surface area contributed by atoms with Gasteiger partial charge in [0.2, 0.25) is 5.91 Å². The third kappa shape index (κ3) is 4.25. The second kappa shape index (κ2) is 7.34. The van der Waals surface area contributed by atoms with E-state index in [9.17, 15) is 13.2 Å². The molecule has 6 nitrogen and oxygen atoms in total. The summed E-state index contributed by atoms with van der Waals surface area (Å²) >= 11 is 2.80. The molecule has 9 heteroatoms. The zero-order valence-electron chi connectivity index (χ0n) is 13.1. The highest BCUT2D eigenvalue weighted by atomic mass is 32.2. The first kappa shape index (κ1) is 17.6. The van der Waals surface area contributed by atoms with Crippen molar-refractivity contribution >= 4 is 43.5 Å². The summed E-state index contributed by atoms with van der Waals surface area (Å²) < 4.78 is 29.6. The van der Waals surface area contributed by atoms with Gasteiger partial charge in [0, 0.05) is 5.38 Å². The molecule has 1 N–H and O–H groups in total. The van der Waals surface area contributed by atoms with Gasteiger partial charge < -0.3 is 10.1 Å². The number of thiophene rings is 1. The number of sulfone groups is 1. The van der Waals surface area contributed by atoms with Crippen LogP contribution in [-0.2, 0) is 14.6 Å². The van der Waals surface area contributed by atoms with Crippen molar-refractivity contribution in [2.45, 2.75) is 4.90 Å². The SMILES string of the molecule is COc1ccc(S(=O)(=O)CC(=O)Nc2nc(-c3cccs3)cs2)cc1. The molecule has 0 aliphatic heterocycles. The number of hydrogen-bond donors (Lipinski definition) is 1. The number of nitrogens with one attached hydrogen (secondary N) is 1. The molecule has 0 aliphatic carbocycles. The van der Waals surface area contributed by atoms with Gasteiger partial charge in [0.15, 0.2) is 15.0 Å². The van der Waals surface area contributed by atoms with Crippen molar-refractivity contribution in [1.82, 2.24) is 4.98 Å². The Hall–Kier alpha value is -2.23. The van der Waals surface area contributed by atoms with Crippen molar-refractivity contribution in [1.29, 1.82) is 0 Å². The fourth-order valence-corrected chi connectivity index (χ4v) is 4.69. The zero-order chi connectivity index (χ0) is 17.9. The summed E-state index contributed by atoms with van der Waals surface area (Å²) in [4.78, 5) is 17.4. The van der Waals surface area contributed by atoms with E-state index >= 15 is 0 Å². The van der Waals surface area contributed by atoms with Crippen molar-refractivity contribution in [3.8, 4) is 16.3 Å². The first-order valence-corrected chi connectivity index (χ1v) is 10.6. The standard InChI is InChI=1S/C16H14N2O4S3/c1-22-11-4-6-12(7-5-11)25(20,21)10-15(19)18-16-17-13(9-24-16)14-3-2-8-23-14/h2-9H,10H2,1H3,(H,17,18,19). The molecular weight excluding hydrogens is 380 g/mol. The van der Waals surface area contributed by atoms with Gasteiger partial charge in [-0.15, -0.1) is 22.7 Å². The van der Waals surface area contributed by atoms with Crippen LogP contribution in [0, 0.1) is 0 Å². The van der Waals surface area contributed by atoms with Crippen LogP contribution in [-0.4, -0.2) is 32.2 Å². The quantitative estimate of drug-likeness (QED) is 0.693. The lowest BCUT2D eigenvalue weighted by atomic mass is 10.3. The number of amides is 1. The predicted octanol–water partition coefficient (Wildman–Crippen LogP) is 3.29. The van der Waals surface area contributed by atoms with E-state index in [1.807, 2.05) is 22.9 Å². The van der Waals surface area contributed by atoms with Gasteiger partial charge in [0.25, 0.3) is 0 Å². The van der Waals surface area contributed by atoms with Crippen LogP contribution >= 0.6 is 22.7 Å². The van der Waals surface area contributed by atoms with Crippen LogP contribution in [0.5, 0.6) is 5.75 Å². The van der Waals surface area contributed by atoms with Crippen LogP contribution < -0.4 is 10.1 Å². The van der Waals surface area contributed by atoms with E-state index in [1.165, 1.54) is 30.6 Å². The molecule has 0 saturated heterocycles. The summed E-state index contributed by atoms with van der Waals surface area (Å²) in [7, 11) is -2.23. The van der Waals surface area contributed by atoms with E-state index in [2.05, 4.69) is 10.3 Å². The Bertz CT molecular complexity index is 961. The maximum Gasteiger partial charge on any atom is 0.241 e. The largest absolute Gasteiger partial charge is 0.497 e. The molecule has 0 atom stereocenters. The van der Waals surface area contributed by atoms with Crippen LogP contribution in [0.1, 0.15) is 0 Å². The molecule has 130 valence electrons. The molecular formula is C16H14N2O4S3. The first-order valence-electron chi connectivity index (χ1n) is 7.14. The van der Waals surface area contributed by atoms with Crippen LogP contribution in [0.25, 0.3) is 10.6 Å². The fourth-order valence-electron chi connectivity index (χ4n) is 2.06. The smallest absolute Gasteiger partial charge is 0.241 e. The average Bonchev–Trinajstić information content (AvgIpc) is 3.25. The summed E-state index contributed by atoms with van der Waals surface area (Å²) in [5, 5.41) is 6.67. The Morgan fingerprint density at radius 1 is 1.20 bits per heavy atom. The van der Waals surface area contributed by atoms with Crippen molar-refractivity contribution in [2.24, 2.45) is 0 Å². The van der Waals surface area contributed by atoms with Gasteiger partial charge in [-0.2, -0.15) is 0 Å². The molecule has 1 aromatic carbocycles. The lowest BCUT2D eigenvalue weighted by Gasteiger charge is -2.05. The second-order valence-electron chi connectivity index (χ2n) is 5.00. The molecule has 0 saturated carbocycles. The van der Waals surface area contributed by atoms with Gasteiger partial charge in [-0.1, -0.05) is 6.07 Å². The normalized spacial score (nSPS) is 11.2. The van der Waals surface area contributed by atoms with Crippen LogP contribution in [0.15, 0.2) is 52.1 Å². The fraction of sp³-hybridized carbons (Fsp3) is 0.125. The van der Waals surface area contributed by atoms with Crippen LogP contribution in [0.4, 0.5) is 5.13 Å². The highest BCUT2D eigenvalue weighted by molar-refractivity contribution is 7.92. The molecule has 0 aliphatic rings. The minimum absolute atomic E-state index is 0.0712. The predicted molar refractivity (Wildman–Crippen MR) is 99.1 cm³/mol. The molecule has 3 rings (SSSR count). The van der Waals surface area contributed by atoms with Gasteiger partial charge >= 0.3 is 0 Å². The Kier molecular flexibility index (Phi) is 5.16. The highest BCUT2D eigenvalue weighted by Crippen LogP contribution is 2.28. The number of aromatic nitrogens is 1. The molecule has 0 unspecified atom stereocenters. The van der Waals surface area contributed by atoms with Gasteiger partial charge in [-0.25, -0.2) is 13.4 Å². The Balaban J connectivity index is 1.67. The number of nitrogens with zero attached hydrogens (tertiary/aromatic N) is 1. The van der Waals surface area contributed by atoms with Gasteiger partial charge in [-0.05, 0) is 35.7 Å². The number of ether oxygens (including phenoxy) is 1. The number of carbonyl (C=O) groups is 1. The van der Waals surface area contributed by atoms with E-state index in [-0.39, 0.29) is 4.90 Å². The monoisotopic (exact) mass is 394 g/mol. The summed E-state index contributed by atoms with van der Waals surface area (Å²) in [6.07, 6.45) is 0. The molecule has 25 heavy (non-hydrogen) atoms. The van der Waals surface area contributed by atoms with E-state index < -0.39 is 21.5 Å². The number of rotatable bonds is 6. The third-order valence-corrected chi connectivity index (χ3v) is 6.55. The summed E-state index contributed by atoms with van der Waals surface area (Å²) in [6, 6.07) is 9.76. The van der Waals surface area contributed by atoms with E-state index in [4.69, 9.17) is 4.74 Å². The molecule has 0 fully saturated rings. The lowest BCUT2D eigenvalue weighted by Crippen LogP contribution is -2.22. The Labute approximate surface area is 153 Å². The first-order chi connectivity index (χ1) is 12.0. The van der Waals surface area contributed by atoms with Crippen LogP contribution in [0.3, 0.4) is 0 Å². The van der Waals surface area contributed by atoms with Gasteiger partial charge in [0.1, 0.15) is 11.5 Å². The third-order valence-electron chi connectivity index (χ3n) is 3.26. The van der Waals surface area contributed by atoms with E-state index in [0.29, 0.717) is 10.9 Å². The molecule has 0 bridgehead atoms. The maximum absolute atomic E-state index is 12.3. The Morgan fingerprint density at radius 2 is 1.96 bits per heavy atom. The number of methoxy groups -OCH3 is 1. The summed E-state index contributed by atoms with van der Waals surface area (Å²) in [6.45, 7) is 0. The van der Waals surface area contributed by atoms with Crippen molar-refractivity contribution in [2.75, 3.05) is 18.2 Å². The second-order valence-corrected chi connectivity index (χ2v) is 8.79. The van der Waals surface area contributed by atoms with E-state index in [1.54, 1.807) is 23.5 Å². The molecule has 1 amide bonds. The highest BCUT2D eigenvalue weighted by Gasteiger charge is 2.20.